The van der Waals surface area contributed by atoms with Gasteiger partial charge in [-0.15, -0.1) is 0 Å². The Hall–Kier alpha value is -1.98. The maximum Gasteiger partial charge on any atom is 0.418 e. The third-order valence-corrected chi connectivity index (χ3v) is 6.58. The summed E-state index contributed by atoms with van der Waals surface area (Å²) < 4.78 is 31.2. The molecule has 0 N–H and O–H groups in total. The van der Waals surface area contributed by atoms with Crippen LogP contribution in [0.3, 0.4) is 0 Å². The zero-order chi connectivity index (χ0) is 17.7. The van der Waals surface area contributed by atoms with Crippen LogP contribution in [0.5, 0.6) is 0 Å². The molecule has 0 radical (unpaired) electrons. The molecule has 0 bridgehead atoms. The van der Waals surface area contributed by atoms with Crippen molar-refractivity contribution in [3.63, 3.8) is 0 Å². The van der Waals surface area contributed by atoms with Crippen LogP contribution in [0.25, 0.3) is 5.53 Å². The summed E-state index contributed by atoms with van der Waals surface area (Å²) in [5.41, 5.74) is 9.84. The fraction of sp³-hybridized carbons (Fsp3) is 0.529. The molecule has 0 aromatic heterocycles. The van der Waals surface area contributed by atoms with Crippen LogP contribution in [0.1, 0.15) is 38.2 Å². The highest BCUT2D eigenvalue weighted by molar-refractivity contribution is 7.93. The largest absolute Gasteiger partial charge is 0.457 e. The molecular weight excluding hydrogens is 328 g/mol. The Morgan fingerprint density at radius 3 is 2.38 bits per heavy atom. The molecule has 2 rings (SSSR count). The fourth-order valence-electron chi connectivity index (χ4n) is 3.18. The van der Waals surface area contributed by atoms with Crippen molar-refractivity contribution in [3.8, 4) is 0 Å². The fourth-order valence-corrected chi connectivity index (χ4v) is 5.20. The van der Waals surface area contributed by atoms with Gasteiger partial charge in [-0.25, -0.2) is 13.2 Å². The van der Waals surface area contributed by atoms with Crippen LogP contribution in [0.15, 0.2) is 29.2 Å². The van der Waals surface area contributed by atoms with Crippen LogP contribution in [0.2, 0.25) is 0 Å². The molecule has 24 heavy (non-hydrogen) atoms. The van der Waals surface area contributed by atoms with Crippen LogP contribution in [-0.2, 0) is 19.4 Å². The van der Waals surface area contributed by atoms with Gasteiger partial charge in [0, 0.05) is 0 Å². The predicted molar refractivity (Wildman–Crippen MR) is 89.4 cm³/mol. The minimum absolute atomic E-state index is 0.0832. The van der Waals surface area contributed by atoms with Crippen molar-refractivity contribution >= 4 is 21.5 Å². The molecule has 0 aliphatic heterocycles. The molecule has 0 spiro atoms. The third-order valence-electron chi connectivity index (χ3n) is 4.37. The lowest BCUT2D eigenvalue weighted by Gasteiger charge is -2.19. The number of rotatable bonds is 6. The summed E-state index contributed by atoms with van der Waals surface area (Å²) in [5.74, 6) is -1.14. The molecule has 1 unspecified atom stereocenters. The number of carbonyl (C=O) groups is 1. The first-order chi connectivity index (χ1) is 11.4. The molecule has 0 saturated heterocycles. The average molecular weight is 350 g/mol. The number of hydrogen-bond acceptors (Lipinski definition) is 4. The Labute approximate surface area is 142 Å². The van der Waals surface area contributed by atoms with Crippen LogP contribution < -0.4 is 0 Å². The van der Waals surface area contributed by atoms with Gasteiger partial charge < -0.3 is 10.3 Å². The van der Waals surface area contributed by atoms with E-state index in [9.17, 15) is 18.7 Å². The molecule has 1 aromatic rings. The number of nitrogens with zero attached hydrogens (tertiary/aromatic N) is 2. The first-order valence-electron chi connectivity index (χ1n) is 8.11. The molecule has 1 aliphatic carbocycles. The Morgan fingerprint density at radius 1 is 1.29 bits per heavy atom. The first kappa shape index (κ1) is 18.4. The van der Waals surface area contributed by atoms with Crippen molar-refractivity contribution in [3.05, 3.63) is 35.4 Å². The van der Waals surface area contributed by atoms with Crippen molar-refractivity contribution in [1.29, 1.82) is 0 Å². The lowest BCUT2D eigenvalue weighted by atomic mass is 10.00. The smallest absolute Gasteiger partial charge is 0.418 e. The number of benzene rings is 1. The van der Waals surface area contributed by atoms with Gasteiger partial charge in [0.1, 0.15) is 0 Å². The van der Waals surface area contributed by atoms with Gasteiger partial charge in [0.2, 0.25) is 0 Å². The zero-order valence-corrected chi connectivity index (χ0v) is 14.8. The van der Waals surface area contributed by atoms with Gasteiger partial charge in [-0.3, -0.25) is 0 Å². The number of sulfone groups is 1. The molecule has 130 valence electrons. The van der Waals surface area contributed by atoms with Crippen molar-refractivity contribution in [2.75, 3.05) is 6.61 Å². The van der Waals surface area contributed by atoms with Crippen LogP contribution in [0.4, 0.5) is 0 Å². The van der Waals surface area contributed by atoms with E-state index in [1.807, 2.05) is 6.92 Å². The summed E-state index contributed by atoms with van der Waals surface area (Å²) in [5, 5.41) is -1.19. The maximum atomic E-state index is 13.1. The van der Waals surface area contributed by atoms with E-state index in [2.05, 4.69) is 4.79 Å². The lowest BCUT2D eigenvalue weighted by molar-refractivity contribution is -0.140. The van der Waals surface area contributed by atoms with Gasteiger partial charge >= 0.3 is 11.7 Å². The Bertz CT molecular complexity index is 743. The molecule has 1 aliphatic rings. The number of hydrogen-bond donors (Lipinski definition) is 0. The van der Waals surface area contributed by atoms with Crippen molar-refractivity contribution in [2.45, 2.75) is 49.7 Å². The van der Waals surface area contributed by atoms with Gasteiger partial charge in [-0.2, -0.15) is 4.79 Å². The number of carbonyl (C=O) groups excluding carboxylic acids is 1. The second kappa shape index (κ2) is 7.73. The maximum absolute atomic E-state index is 13.1. The second-order valence-electron chi connectivity index (χ2n) is 6.03. The number of ether oxygens (including phenoxy) is 1. The van der Waals surface area contributed by atoms with Crippen molar-refractivity contribution in [2.24, 2.45) is 5.92 Å². The Balaban J connectivity index is 2.51. The van der Waals surface area contributed by atoms with Gasteiger partial charge in [-0.05, 0) is 44.7 Å². The van der Waals surface area contributed by atoms with E-state index >= 15 is 0 Å². The van der Waals surface area contributed by atoms with Crippen molar-refractivity contribution < 1.29 is 22.7 Å². The van der Waals surface area contributed by atoms with Crippen molar-refractivity contribution in [1.82, 2.24) is 0 Å². The minimum Gasteiger partial charge on any atom is -0.457 e. The summed E-state index contributed by atoms with van der Waals surface area (Å²) in [6, 6.07) is 6.46. The molecular formula is C17H22N2O4S. The summed E-state index contributed by atoms with van der Waals surface area (Å²) in [6.07, 6.45) is 3.14. The molecule has 0 amide bonds. The quantitative estimate of drug-likeness (QED) is 0.341. The molecule has 1 aromatic carbocycles. The highest BCUT2D eigenvalue weighted by Crippen LogP contribution is 2.34. The zero-order valence-electron chi connectivity index (χ0n) is 13.9. The molecule has 7 heteroatoms. The summed E-state index contributed by atoms with van der Waals surface area (Å²) in [4.78, 5) is 15.3. The summed E-state index contributed by atoms with van der Waals surface area (Å²) >= 11 is 0. The van der Waals surface area contributed by atoms with Crippen LogP contribution in [-0.4, -0.2) is 36.7 Å². The van der Waals surface area contributed by atoms with E-state index in [1.165, 1.54) is 12.1 Å². The molecule has 1 atom stereocenters. The molecule has 6 nitrogen and oxygen atoms in total. The van der Waals surface area contributed by atoms with E-state index in [0.717, 1.165) is 18.4 Å². The van der Waals surface area contributed by atoms with Gasteiger partial charge in [-0.1, -0.05) is 30.5 Å². The Morgan fingerprint density at radius 2 is 1.88 bits per heavy atom. The first-order valence-corrected chi connectivity index (χ1v) is 9.66. The SMILES string of the molecule is CCOC(=O)C(=[N+]=[N-])C(C1CCCC1)S(=O)(=O)c1ccc(C)cc1. The lowest BCUT2D eigenvalue weighted by Crippen LogP contribution is -2.42. The van der Waals surface area contributed by atoms with E-state index in [0.29, 0.717) is 12.8 Å². The minimum atomic E-state index is -3.87. The standard InChI is InChI=1S/C17H22N2O4S/c1-3-23-17(20)15(19-18)16(13-6-4-5-7-13)24(21,22)14-10-8-12(2)9-11-14/h8-11,13,16H,3-7H2,1-2H3. The summed E-state index contributed by atoms with van der Waals surface area (Å²) in [7, 11) is -3.87. The van der Waals surface area contributed by atoms with E-state index < -0.39 is 26.8 Å². The van der Waals surface area contributed by atoms with Gasteiger partial charge in [0.25, 0.3) is 0 Å². The second-order valence-corrected chi connectivity index (χ2v) is 8.10. The number of esters is 1. The molecule has 1 saturated carbocycles. The normalized spacial score (nSPS) is 16.4. The van der Waals surface area contributed by atoms with E-state index in [4.69, 9.17) is 4.74 Å². The third kappa shape index (κ3) is 3.74. The highest BCUT2D eigenvalue weighted by Gasteiger charge is 2.48. The number of aryl methyl sites for hydroxylation is 1. The molecule has 1 fully saturated rings. The van der Waals surface area contributed by atoms with Gasteiger partial charge in [0.15, 0.2) is 15.1 Å². The average Bonchev–Trinajstić information content (AvgIpc) is 3.06. The monoisotopic (exact) mass is 350 g/mol. The van der Waals surface area contributed by atoms with Crippen LogP contribution in [0, 0.1) is 12.8 Å². The van der Waals surface area contributed by atoms with Crippen LogP contribution >= 0.6 is 0 Å². The van der Waals surface area contributed by atoms with E-state index in [-0.39, 0.29) is 17.4 Å². The Kier molecular flexibility index (Phi) is 5.91. The predicted octanol–water partition coefficient (Wildman–Crippen LogP) is 2.56. The topological polar surface area (TPSA) is 96.8 Å². The van der Waals surface area contributed by atoms with Gasteiger partial charge in [0.05, 0.1) is 11.5 Å². The highest BCUT2D eigenvalue weighted by atomic mass is 32.2. The summed E-state index contributed by atoms with van der Waals surface area (Å²) in [6.45, 7) is 3.57. The van der Waals surface area contributed by atoms with E-state index in [1.54, 1.807) is 19.1 Å². The molecule has 0 heterocycles.